The standard InChI is InChI=1S/C21H24N2O/c24-14-16-10-8-15(9-11-16)12-13-22-20-7-3-5-18-17-4-1-2-6-19(17)23-21(18)20/h1-2,4,6,8-11,20,22-24H,3,5,7,12-14H2. The van der Waals surface area contributed by atoms with Crippen molar-refractivity contribution >= 4 is 10.9 Å². The van der Waals surface area contributed by atoms with Crippen LogP contribution >= 0.6 is 0 Å². The van der Waals surface area contributed by atoms with Gasteiger partial charge in [-0.2, -0.15) is 0 Å². The highest BCUT2D eigenvalue weighted by Gasteiger charge is 2.23. The molecule has 1 aliphatic carbocycles. The Kier molecular flexibility index (Phi) is 4.37. The van der Waals surface area contributed by atoms with E-state index in [-0.39, 0.29) is 6.61 Å². The maximum atomic E-state index is 9.11. The summed E-state index contributed by atoms with van der Waals surface area (Å²) in [4.78, 5) is 3.64. The molecular weight excluding hydrogens is 296 g/mol. The van der Waals surface area contributed by atoms with Gasteiger partial charge < -0.3 is 15.4 Å². The van der Waals surface area contributed by atoms with Crippen LogP contribution in [-0.2, 0) is 19.4 Å². The van der Waals surface area contributed by atoms with Crippen molar-refractivity contribution in [3.8, 4) is 0 Å². The molecule has 1 atom stereocenters. The normalized spacial score (nSPS) is 17.1. The second-order valence-electron chi connectivity index (χ2n) is 6.69. The number of hydrogen-bond acceptors (Lipinski definition) is 2. The van der Waals surface area contributed by atoms with E-state index in [1.54, 1.807) is 0 Å². The number of aliphatic hydroxyl groups excluding tert-OH is 1. The fraction of sp³-hybridized carbons (Fsp3) is 0.333. The Hall–Kier alpha value is -2.10. The molecule has 0 spiro atoms. The van der Waals surface area contributed by atoms with Crippen LogP contribution in [0.3, 0.4) is 0 Å². The van der Waals surface area contributed by atoms with Gasteiger partial charge in [0.15, 0.2) is 0 Å². The predicted octanol–water partition coefficient (Wildman–Crippen LogP) is 3.87. The molecule has 1 aromatic heterocycles. The number of hydrogen-bond donors (Lipinski definition) is 3. The van der Waals surface area contributed by atoms with Gasteiger partial charge in [0.2, 0.25) is 0 Å². The number of H-pyrrole nitrogens is 1. The molecule has 0 saturated heterocycles. The summed E-state index contributed by atoms with van der Waals surface area (Å²) in [6, 6.07) is 17.3. The monoisotopic (exact) mass is 320 g/mol. The first-order chi connectivity index (χ1) is 11.8. The summed E-state index contributed by atoms with van der Waals surface area (Å²) in [7, 11) is 0. The van der Waals surface area contributed by atoms with Crippen LogP contribution in [0.5, 0.6) is 0 Å². The van der Waals surface area contributed by atoms with Crippen molar-refractivity contribution in [1.82, 2.24) is 10.3 Å². The minimum Gasteiger partial charge on any atom is -0.392 e. The second kappa shape index (κ2) is 6.80. The van der Waals surface area contributed by atoms with E-state index in [1.165, 1.54) is 47.0 Å². The number of aliphatic hydroxyl groups is 1. The van der Waals surface area contributed by atoms with Crippen molar-refractivity contribution in [3.05, 3.63) is 70.9 Å². The van der Waals surface area contributed by atoms with Gasteiger partial charge in [-0.3, -0.25) is 0 Å². The van der Waals surface area contributed by atoms with Crippen molar-refractivity contribution in [2.45, 2.75) is 38.3 Å². The summed E-state index contributed by atoms with van der Waals surface area (Å²) < 4.78 is 0. The van der Waals surface area contributed by atoms with E-state index in [4.69, 9.17) is 5.11 Å². The van der Waals surface area contributed by atoms with E-state index in [1.807, 2.05) is 12.1 Å². The van der Waals surface area contributed by atoms with E-state index in [0.717, 1.165) is 18.5 Å². The van der Waals surface area contributed by atoms with E-state index in [2.05, 4.69) is 46.7 Å². The smallest absolute Gasteiger partial charge is 0.0681 e. The van der Waals surface area contributed by atoms with Crippen molar-refractivity contribution < 1.29 is 5.11 Å². The van der Waals surface area contributed by atoms with Gasteiger partial charge in [0.05, 0.1) is 6.61 Å². The number of fused-ring (bicyclic) bond motifs is 3. The molecule has 3 N–H and O–H groups in total. The van der Waals surface area contributed by atoms with Crippen LogP contribution in [-0.4, -0.2) is 16.6 Å². The number of aromatic amines is 1. The lowest BCUT2D eigenvalue weighted by atomic mass is 9.91. The van der Waals surface area contributed by atoms with Gasteiger partial charge in [0.25, 0.3) is 0 Å². The van der Waals surface area contributed by atoms with Crippen LogP contribution in [0.4, 0.5) is 0 Å². The number of benzene rings is 2. The van der Waals surface area contributed by atoms with Gasteiger partial charge in [-0.25, -0.2) is 0 Å². The number of aryl methyl sites for hydroxylation is 1. The topological polar surface area (TPSA) is 48.0 Å². The second-order valence-corrected chi connectivity index (χ2v) is 6.69. The first-order valence-corrected chi connectivity index (χ1v) is 8.86. The molecular formula is C21H24N2O. The molecule has 0 aliphatic heterocycles. The molecule has 1 heterocycles. The lowest BCUT2D eigenvalue weighted by Gasteiger charge is -2.24. The average Bonchev–Trinajstić information content (AvgIpc) is 3.02. The molecule has 0 fully saturated rings. The van der Waals surface area contributed by atoms with E-state index in [0.29, 0.717) is 6.04 Å². The summed E-state index contributed by atoms with van der Waals surface area (Å²) in [6.07, 6.45) is 4.64. The van der Waals surface area contributed by atoms with Crippen LogP contribution in [0.2, 0.25) is 0 Å². The van der Waals surface area contributed by atoms with Gasteiger partial charge in [-0.1, -0.05) is 42.5 Å². The zero-order chi connectivity index (χ0) is 16.4. The van der Waals surface area contributed by atoms with Gasteiger partial charge in [0.1, 0.15) is 0 Å². The van der Waals surface area contributed by atoms with Crippen LogP contribution in [0.25, 0.3) is 10.9 Å². The summed E-state index contributed by atoms with van der Waals surface area (Å²) in [6.45, 7) is 1.09. The maximum absolute atomic E-state index is 9.11. The van der Waals surface area contributed by atoms with Gasteiger partial charge >= 0.3 is 0 Å². The van der Waals surface area contributed by atoms with Gasteiger partial charge in [0, 0.05) is 22.6 Å². The quantitative estimate of drug-likeness (QED) is 0.668. The first kappa shape index (κ1) is 15.4. The molecule has 0 amide bonds. The Balaban J connectivity index is 1.44. The molecule has 2 aromatic carbocycles. The Morgan fingerprint density at radius 3 is 2.67 bits per heavy atom. The van der Waals surface area contributed by atoms with Crippen molar-refractivity contribution in [1.29, 1.82) is 0 Å². The zero-order valence-corrected chi connectivity index (χ0v) is 13.9. The minimum atomic E-state index is 0.115. The van der Waals surface area contributed by atoms with Crippen molar-refractivity contribution in [2.75, 3.05) is 6.54 Å². The Bertz CT molecular complexity index is 819. The van der Waals surface area contributed by atoms with E-state index in [9.17, 15) is 0 Å². The number of rotatable bonds is 5. The number of para-hydroxylation sites is 1. The Labute approximate surface area is 142 Å². The highest BCUT2D eigenvalue weighted by Crippen LogP contribution is 2.34. The van der Waals surface area contributed by atoms with Gasteiger partial charge in [-0.05, 0) is 55.0 Å². The first-order valence-electron chi connectivity index (χ1n) is 8.86. The molecule has 3 heteroatoms. The summed E-state index contributed by atoms with van der Waals surface area (Å²) in [5, 5.41) is 14.2. The molecule has 4 rings (SSSR count). The predicted molar refractivity (Wildman–Crippen MR) is 98.0 cm³/mol. The Morgan fingerprint density at radius 2 is 1.83 bits per heavy atom. The molecule has 3 nitrogen and oxygen atoms in total. The van der Waals surface area contributed by atoms with Crippen molar-refractivity contribution in [3.63, 3.8) is 0 Å². The highest BCUT2D eigenvalue weighted by molar-refractivity contribution is 5.85. The SMILES string of the molecule is OCc1ccc(CCNC2CCCc3c2[nH]c2ccccc32)cc1. The summed E-state index contributed by atoms with van der Waals surface area (Å²) in [5.74, 6) is 0. The minimum absolute atomic E-state index is 0.115. The molecule has 3 aromatic rings. The zero-order valence-electron chi connectivity index (χ0n) is 13.9. The molecule has 0 bridgehead atoms. The molecule has 24 heavy (non-hydrogen) atoms. The molecule has 0 saturated carbocycles. The van der Waals surface area contributed by atoms with E-state index < -0.39 is 0 Å². The lowest BCUT2D eigenvalue weighted by molar-refractivity contribution is 0.282. The number of aromatic nitrogens is 1. The Morgan fingerprint density at radius 1 is 1.04 bits per heavy atom. The van der Waals surface area contributed by atoms with Crippen LogP contribution in [0.1, 0.15) is 41.3 Å². The van der Waals surface area contributed by atoms with Crippen LogP contribution < -0.4 is 5.32 Å². The molecule has 124 valence electrons. The molecule has 1 aliphatic rings. The summed E-state index contributed by atoms with van der Waals surface area (Å²) >= 11 is 0. The highest BCUT2D eigenvalue weighted by atomic mass is 16.3. The third kappa shape index (κ3) is 2.97. The van der Waals surface area contributed by atoms with Crippen LogP contribution in [0.15, 0.2) is 48.5 Å². The number of nitrogens with one attached hydrogen (secondary N) is 2. The van der Waals surface area contributed by atoms with Crippen molar-refractivity contribution in [2.24, 2.45) is 0 Å². The largest absolute Gasteiger partial charge is 0.392 e. The average molecular weight is 320 g/mol. The van der Waals surface area contributed by atoms with Gasteiger partial charge in [-0.15, -0.1) is 0 Å². The molecule has 0 radical (unpaired) electrons. The lowest BCUT2D eigenvalue weighted by Crippen LogP contribution is -2.27. The fourth-order valence-corrected chi connectivity index (χ4v) is 3.82. The third-order valence-electron chi connectivity index (χ3n) is 5.12. The maximum Gasteiger partial charge on any atom is 0.0681 e. The molecule has 1 unspecified atom stereocenters. The van der Waals surface area contributed by atoms with Crippen LogP contribution in [0, 0.1) is 0 Å². The third-order valence-corrected chi connectivity index (χ3v) is 5.12. The van der Waals surface area contributed by atoms with E-state index >= 15 is 0 Å². The summed E-state index contributed by atoms with van der Waals surface area (Å²) in [5.41, 5.74) is 6.43. The fourth-order valence-electron chi connectivity index (χ4n) is 3.82.